The van der Waals surface area contributed by atoms with E-state index in [2.05, 4.69) is 41.5 Å². The second-order valence-corrected chi connectivity index (χ2v) is 32.2. The number of ether oxygens (including phenoxy) is 4. The van der Waals surface area contributed by atoms with E-state index in [0.29, 0.717) is 25.7 Å². The maximum atomic E-state index is 13.1. The van der Waals surface area contributed by atoms with Crippen LogP contribution in [-0.4, -0.2) is 96.7 Å². The number of phosphoric acid groups is 2. The van der Waals surface area contributed by atoms with Crippen LogP contribution in [0, 0.1) is 11.8 Å². The Labute approximate surface area is 607 Å². The van der Waals surface area contributed by atoms with Crippen LogP contribution in [-0.2, 0) is 65.4 Å². The van der Waals surface area contributed by atoms with Gasteiger partial charge in [0, 0.05) is 25.7 Å². The monoisotopic (exact) mass is 1450 g/mol. The quantitative estimate of drug-likeness (QED) is 0.0222. The van der Waals surface area contributed by atoms with Gasteiger partial charge in [0.25, 0.3) is 0 Å². The molecule has 588 valence electrons. The molecule has 0 aromatic carbocycles. The van der Waals surface area contributed by atoms with Crippen molar-refractivity contribution in [2.45, 2.75) is 439 Å². The lowest BCUT2D eigenvalue weighted by molar-refractivity contribution is -0.161. The van der Waals surface area contributed by atoms with Gasteiger partial charge in [0.2, 0.25) is 0 Å². The normalized spacial score (nSPS) is 14.5. The van der Waals surface area contributed by atoms with Crippen molar-refractivity contribution in [3.8, 4) is 0 Å². The van der Waals surface area contributed by atoms with E-state index in [1.807, 2.05) is 0 Å². The summed E-state index contributed by atoms with van der Waals surface area (Å²) in [5.41, 5.74) is 0. The lowest BCUT2D eigenvalue weighted by atomic mass is 9.99. The molecule has 4 unspecified atom stereocenters. The van der Waals surface area contributed by atoms with E-state index in [0.717, 1.165) is 102 Å². The molecule has 17 nitrogen and oxygen atoms in total. The zero-order valence-corrected chi connectivity index (χ0v) is 66.6. The van der Waals surface area contributed by atoms with Crippen LogP contribution in [0.25, 0.3) is 0 Å². The summed E-state index contributed by atoms with van der Waals surface area (Å²) in [5, 5.41) is 10.6. The molecule has 0 heterocycles. The number of unbranched alkanes of at least 4 members (excludes halogenated alkanes) is 47. The van der Waals surface area contributed by atoms with Gasteiger partial charge >= 0.3 is 39.5 Å². The molecule has 0 aromatic rings. The predicted molar refractivity (Wildman–Crippen MR) is 405 cm³/mol. The second kappa shape index (κ2) is 71.7. The SMILES string of the molecule is CCCCCCCCCCCCCCCCCCC(=O)OC[C@H](COP(=O)(O)OC[C@@H](O)COP(=O)(O)OC[C@@H](COC(=O)CCCCCCCCCCCCC)OC(=O)CCCCCCCCCCCCC(C)CC)OC(=O)CCCCCCCCCCCCCCCCC(C)CC. The first-order valence-corrected chi connectivity index (χ1v) is 44.6. The summed E-state index contributed by atoms with van der Waals surface area (Å²) in [6, 6.07) is 0. The summed E-state index contributed by atoms with van der Waals surface area (Å²) < 4.78 is 68.7. The average Bonchev–Trinajstić information content (AvgIpc) is 1.07. The molecule has 0 radical (unpaired) electrons. The van der Waals surface area contributed by atoms with Crippen molar-refractivity contribution in [1.29, 1.82) is 0 Å². The van der Waals surface area contributed by atoms with Gasteiger partial charge in [0.15, 0.2) is 12.2 Å². The van der Waals surface area contributed by atoms with E-state index in [9.17, 15) is 43.2 Å². The first-order valence-electron chi connectivity index (χ1n) is 41.6. The maximum Gasteiger partial charge on any atom is 0.472 e. The molecule has 0 aliphatic carbocycles. The zero-order valence-electron chi connectivity index (χ0n) is 64.8. The molecule has 0 saturated carbocycles. The molecule has 0 aliphatic rings. The van der Waals surface area contributed by atoms with Gasteiger partial charge in [-0.05, 0) is 37.5 Å². The van der Waals surface area contributed by atoms with Crippen LogP contribution < -0.4 is 0 Å². The van der Waals surface area contributed by atoms with E-state index < -0.39 is 97.5 Å². The Morgan fingerprint density at radius 3 is 0.717 bits per heavy atom. The highest BCUT2D eigenvalue weighted by Gasteiger charge is 2.30. The van der Waals surface area contributed by atoms with Gasteiger partial charge in [-0.25, -0.2) is 9.13 Å². The number of aliphatic hydroxyl groups is 1. The van der Waals surface area contributed by atoms with Crippen molar-refractivity contribution < 1.29 is 80.2 Å². The third kappa shape index (κ3) is 71.5. The highest BCUT2D eigenvalue weighted by molar-refractivity contribution is 7.47. The average molecular weight is 1450 g/mol. The molecule has 19 heteroatoms. The molecule has 0 aliphatic heterocycles. The van der Waals surface area contributed by atoms with Crippen molar-refractivity contribution in [1.82, 2.24) is 0 Å². The number of carbonyl (C=O) groups excluding carboxylic acids is 4. The molecule has 0 bridgehead atoms. The van der Waals surface area contributed by atoms with Gasteiger partial charge in [-0.15, -0.1) is 0 Å². The molecule has 0 aromatic heterocycles. The first kappa shape index (κ1) is 97.1. The number of hydrogen-bond acceptors (Lipinski definition) is 15. The van der Waals surface area contributed by atoms with Gasteiger partial charge in [-0.2, -0.15) is 0 Å². The minimum Gasteiger partial charge on any atom is -0.462 e. The van der Waals surface area contributed by atoms with Gasteiger partial charge in [-0.3, -0.25) is 37.3 Å². The third-order valence-corrected chi connectivity index (χ3v) is 21.3. The summed E-state index contributed by atoms with van der Waals surface area (Å²) in [4.78, 5) is 73.0. The summed E-state index contributed by atoms with van der Waals surface area (Å²) in [7, 11) is -9.92. The van der Waals surface area contributed by atoms with E-state index in [1.165, 1.54) is 238 Å². The van der Waals surface area contributed by atoms with Crippen LogP contribution >= 0.6 is 15.6 Å². The Hall–Kier alpha value is -1.94. The molecule has 99 heavy (non-hydrogen) atoms. The molecular weight excluding hydrogens is 1290 g/mol. The largest absolute Gasteiger partial charge is 0.472 e. The van der Waals surface area contributed by atoms with Crippen molar-refractivity contribution in [3.05, 3.63) is 0 Å². The van der Waals surface area contributed by atoms with Gasteiger partial charge in [-0.1, -0.05) is 369 Å². The number of esters is 4. The fraction of sp³-hybridized carbons (Fsp3) is 0.950. The second-order valence-electron chi connectivity index (χ2n) is 29.3. The van der Waals surface area contributed by atoms with Crippen molar-refractivity contribution in [3.63, 3.8) is 0 Å². The summed E-state index contributed by atoms with van der Waals surface area (Å²) in [5.74, 6) is -0.459. The molecule has 0 amide bonds. The number of phosphoric ester groups is 2. The van der Waals surface area contributed by atoms with Gasteiger partial charge < -0.3 is 33.8 Å². The van der Waals surface area contributed by atoms with Crippen LogP contribution in [0.2, 0.25) is 0 Å². The van der Waals surface area contributed by atoms with E-state index in [1.54, 1.807) is 0 Å². The molecule has 0 saturated heterocycles. The Bertz CT molecular complexity index is 1910. The minimum absolute atomic E-state index is 0.107. The molecule has 7 atom stereocenters. The Balaban J connectivity index is 5.26. The highest BCUT2D eigenvalue weighted by atomic mass is 31.2. The van der Waals surface area contributed by atoms with Crippen LogP contribution in [0.4, 0.5) is 0 Å². The molecule has 3 N–H and O–H groups in total. The van der Waals surface area contributed by atoms with Gasteiger partial charge in [0.05, 0.1) is 26.4 Å². The molecular formula is C80H156O17P2. The fourth-order valence-corrected chi connectivity index (χ4v) is 13.9. The third-order valence-electron chi connectivity index (χ3n) is 19.4. The van der Waals surface area contributed by atoms with E-state index in [4.69, 9.17) is 37.0 Å². The molecule has 0 spiro atoms. The highest BCUT2D eigenvalue weighted by Crippen LogP contribution is 2.45. The Morgan fingerprint density at radius 1 is 0.283 bits per heavy atom. The van der Waals surface area contributed by atoms with Crippen LogP contribution in [0.3, 0.4) is 0 Å². The minimum atomic E-state index is -4.96. The number of rotatable bonds is 79. The first-order chi connectivity index (χ1) is 47.9. The molecule has 0 rings (SSSR count). The van der Waals surface area contributed by atoms with Crippen LogP contribution in [0.15, 0.2) is 0 Å². The number of carbonyl (C=O) groups is 4. The zero-order chi connectivity index (χ0) is 72.8. The maximum absolute atomic E-state index is 13.1. The fourth-order valence-electron chi connectivity index (χ4n) is 12.3. The number of hydrogen-bond donors (Lipinski definition) is 3. The number of aliphatic hydroxyl groups excluding tert-OH is 1. The van der Waals surface area contributed by atoms with Crippen molar-refractivity contribution in [2.24, 2.45) is 11.8 Å². The van der Waals surface area contributed by atoms with E-state index >= 15 is 0 Å². The smallest absolute Gasteiger partial charge is 0.462 e. The lowest BCUT2D eigenvalue weighted by Gasteiger charge is -2.21. The summed E-state index contributed by atoms with van der Waals surface area (Å²) in [6.45, 7) is 9.71. The van der Waals surface area contributed by atoms with Crippen LogP contribution in [0.1, 0.15) is 420 Å². The summed E-state index contributed by atoms with van der Waals surface area (Å²) in [6.07, 6.45) is 60.8. The lowest BCUT2D eigenvalue weighted by Crippen LogP contribution is -2.30. The Morgan fingerprint density at radius 2 is 0.485 bits per heavy atom. The standard InChI is InChI=1S/C80H156O17P2/c1-7-11-13-15-17-19-21-22-23-24-28-32-39-45-51-57-63-78(83)91-69-75(96-79(84)64-58-52-46-40-33-29-26-25-27-31-36-42-48-54-60-72(5)9-3)70-94-98(86,87)92-66-74(81)67-93-99(88,89)95-71-76(68-90-77(82)62-56-50-44-38-30-20-18-16-14-12-8-2)97-80(85)65-59-53-47-41-35-34-37-43-49-55-61-73(6)10-4/h72-76,81H,7-71H2,1-6H3,(H,86,87)(H,88,89)/t72?,73?,74-,75-,76-/m1/s1. The summed E-state index contributed by atoms with van der Waals surface area (Å²) >= 11 is 0. The Kier molecular flexibility index (Phi) is 70.3. The predicted octanol–water partition coefficient (Wildman–Crippen LogP) is 23.9. The van der Waals surface area contributed by atoms with E-state index in [-0.39, 0.29) is 25.7 Å². The van der Waals surface area contributed by atoms with Gasteiger partial charge in [0.1, 0.15) is 19.3 Å². The van der Waals surface area contributed by atoms with Crippen molar-refractivity contribution in [2.75, 3.05) is 39.6 Å². The topological polar surface area (TPSA) is 237 Å². The molecule has 0 fully saturated rings. The van der Waals surface area contributed by atoms with Crippen LogP contribution in [0.5, 0.6) is 0 Å². The van der Waals surface area contributed by atoms with Crippen molar-refractivity contribution >= 4 is 39.5 Å².